The second-order valence-corrected chi connectivity index (χ2v) is 11.7. The van der Waals surface area contributed by atoms with Gasteiger partial charge in [0.15, 0.2) is 10.8 Å². The summed E-state index contributed by atoms with van der Waals surface area (Å²) in [5, 5.41) is 4.46. The minimum atomic E-state index is -4.22. The van der Waals surface area contributed by atoms with Crippen LogP contribution in [0.15, 0.2) is 63.4 Å². The predicted octanol–water partition coefficient (Wildman–Crippen LogP) is 3.50. The maximum Gasteiger partial charge on any atom is 0.267 e. The van der Waals surface area contributed by atoms with E-state index in [1.54, 1.807) is 7.05 Å². The lowest BCUT2D eigenvalue weighted by atomic mass is 9.91. The van der Waals surface area contributed by atoms with Crippen molar-refractivity contribution < 1.29 is 17.6 Å². The number of guanidine groups is 1. The third kappa shape index (κ3) is 3.91. The molecule has 0 aliphatic carbocycles. The lowest BCUT2D eigenvalue weighted by Gasteiger charge is -2.42. The highest BCUT2D eigenvalue weighted by atomic mass is 32.2. The molecule has 8 nitrogen and oxygen atoms in total. The summed E-state index contributed by atoms with van der Waals surface area (Å²) < 4.78 is 42.7. The van der Waals surface area contributed by atoms with Gasteiger partial charge in [-0.2, -0.15) is 5.10 Å². The minimum absolute atomic E-state index is 0.000543. The van der Waals surface area contributed by atoms with Gasteiger partial charge in [-0.3, -0.25) is 19.6 Å². The van der Waals surface area contributed by atoms with Crippen LogP contribution in [0.4, 0.5) is 10.2 Å². The summed E-state index contributed by atoms with van der Waals surface area (Å²) in [6, 6.07) is 12.2. The van der Waals surface area contributed by atoms with Crippen LogP contribution >= 0.6 is 0 Å². The molecule has 2 aromatic carbocycles. The summed E-state index contributed by atoms with van der Waals surface area (Å²) in [6.07, 6.45) is 0. The Hall–Kier alpha value is -3.53. The second kappa shape index (κ2) is 8.01. The highest BCUT2D eigenvalue weighted by Gasteiger charge is 2.45. The maximum atomic E-state index is 13.9. The van der Waals surface area contributed by atoms with Gasteiger partial charge in [0.05, 0.1) is 11.4 Å². The summed E-state index contributed by atoms with van der Waals surface area (Å²) in [4.78, 5) is 21.2. The molecule has 0 saturated heterocycles. The number of fused-ring (bicyclic) bond motifs is 3. The van der Waals surface area contributed by atoms with E-state index >= 15 is 0 Å². The van der Waals surface area contributed by atoms with Crippen LogP contribution in [-0.4, -0.2) is 55.1 Å². The van der Waals surface area contributed by atoms with Crippen molar-refractivity contribution in [3.05, 3.63) is 71.0 Å². The van der Waals surface area contributed by atoms with E-state index < -0.39 is 21.6 Å². The van der Waals surface area contributed by atoms with Crippen LogP contribution in [0.1, 0.15) is 35.3 Å². The van der Waals surface area contributed by atoms with Crippen molar-refractivity contribution in [2.45, 2.75) is 37.2 Å². The molecule has 1 amide bonds. The summed E-state index contributed by atoms with van der Waals surface area (Å²) in [7, 11) is -2.63. The largest absolute Gasteiger partial charge is 0.294 e. The number of aryl methyl sites for hydroxylation is 1. The summed E-state index contributed by atoms with van der Waals surface area (Å²) >= 11 is 0. The van der Waals surface area contributed by atoms with Crippen molar-refractivity contribution in [2.75, 3.05) is 25.0 Å². The molecule has 0 fully saturated rings. The first-order chi connectivity index (χ1) is 16.5. The van der Waals surface area contributed by atoms with Crippen LogP contribution in [0.25, 0.3) is 0 Å². The minimum Gasteiger partial charge on any atom is -0.294 e. The number of carbonyl (C=O) groups excluding carboxylic acids is 1. The zero-order valence-corrected chi connectivity index (χ0v) is 20.8. The molecule has 3 heterocycles. The number of benzene rings is 2. The predicted molar refractivity (Wildman–Crippen MR) is 130 cm³/mol. The molecule has 1 aromatic heterocycles. The first-order valence-corrected chi connectivity index (χ1v) is 12.7. The van der Waals surface area contributed by atoms with E-state index in [4.69, 9.17) is 0 Å². The fourth-order valence-electron chi connectivity index (χ4n) is 4.42. The number of nitrogens with zero attached hydrogens (tertiary/aromatic N) is 5. The second-order valence-electron chi connectivity index (χ2n) is 9.84. The van der Waals surface area contributed by atoms with E-state index in [2.05, 4.69) is 23.9 Å². The molecular formula is C25H26FN5O3S. The van der Waals surface area contributed by atoms with E-state index in [1.165, 1.54) is 21.7 Å². The number of hydrogen-bond donors (Lipinski definition) is 0. The number of hydrogen-bond acceptors (Lipinski definition) is 6. The lowest BCUT2D eigenvalue weighted by molar-refractivity contribution is 0.0857. The van der Waals surface area contributed by atoms with Crippen molar-refractivity contribution in [1.29, 1.82) is 0 Å². The van der Waals surface area contributed by atoms with Crippen molar-refractivity contribution in [3.63, 3.8) is 0 Å². The number of amides is 1. The highest BCUT2D eigenvalue weighted by molar-refractivity contribution is 7.91. The van der Waals surface area contributed by atoms with Crippen molar-refractivity contribution in [3.8, 4) is 0 Å². The number of aromatic nitrogens is 2. The molecule has 0 bridgehead atoms. The fraction of sp³-hybridized carbons (Fsp3) is 0.320. The topological polar surface area (TPSA) is 87.9 Å². The first-order valence-electron chi connectivity index (χ1n) is 11.2. The Morgan fingerprint density at radius 3 is 2.37 bits per heavy atom. The Balaban J connectivity index is 1.75. The van der Waals surface area contributed by atoms with Crippen LogP contribution in [0.2, 0.25) is 0 Å². The van der Waals surface area contributed by atoms with Gasteiger partial charge in [-0.25, -0.2) is 17.5 Å². The van der Waals surface area contributed by atoms with Gasteiger partial charge in [-0.15, -0.1) is 0 Å². The highest BCUT2D eigenvalue weighted by Crippen LogP contribution is 2.38. The van der Waals surface area contributed by atoms with Crippen LogP contribution in [0.5, 0.6) is 0 Å². The lowest BCUT2D eigenvalue weighted by Crippen LogP contribution is -2.56. The van der Waals surface area contributed by atoms with Crippen molar-refractivity contribution in [2.24, 2.45) is 10.4 Å². The molecule has 0 atom stereocenters. The van der Waals surface area contributed by atoms with Gasteiger partial charge in [0, 0.05) is 25.6 Å². The van der Waals surface area contributed by atoms with Crippen LogP contribution in [0.3, 0.4) is 0 Å². The van der Waals surface area contributed by atoms with Crippen LogP contribution < -0.4 is 4.90 Å². The van der Waals surface area contributed by atoms with Crippen molar-refractivity contribution >= 4 is 27.5 Å². The molecule has 5 rings (SSSR count). The van der Waals surface area contributed by atoms with Gasteiger partial charge in [0.2, 0.25) is 15.8 Å². The quantitative estimate of drug-likeness (QED) is 0.517. The van der Waals surface area contributed by atoms with Crippen LogP contribution in [0, 0.1) is 18.2 Å². The van der Waals surface area contributed by atoms with E-state index in [1.807, 2.05) is 36.1 Å². The zero-order valence-electron chi connectivity index (χ0n) is 20.0. The van der Waals surface area contributed by atoms with E-state index in [-0.39, 0.29) is 33.3 Å². The van der Waals surface area contributed by atoms with E-state index in [0.717, 1.165) is 23.3 Å². The van der Waals surface area contributed by atoms with Gasteiger partial charge in [-0.05, 0) is 36.8 Å². The average Bonchev–Trinajstić information content (AvgIpc) is 3.19. The Bertz CT molecular complexity index is 1460. The van der Waals surface area contributed by atoms with Gasteiger partial charge in [-0.1, -0.05) is 43.7 Å². The molecule has 2 aliphatic rings. The Labute approximate surface area is 203 Å². The fourth-order valence-corrected chi connectivity index (χ4v) is 5.96. The number of anilines is 1. The van der Waals surface area contributed by atoms with Crippen molar-refractivity contribution in [1.82, 2.24) is 14.7 Å². The normalized spacial score (nSPS) is 17.2. The molecule has 0 saturated carbocycles. The number of aliphatic imine (C=N–C) groups is 1. The number of sulfone groups is 1. The summed E-state index contributed by atoms with van der Waals surface area (Å²) in [6.45, 7) is 7.29. The van der Waals surface area contributed by atoms with Gasteiger partial charge < -0.3 is 0 Å². The molecular weight excluding hydrogens is 469 g/mol. The standard InChI is InChI=1S/C25H26FN5O3S/c1-16-5-7-17(8-6-16)13-31-23(35(33,34)19-11-9-18(26)10-12-19)20-21(28-31)30-15-25(2,3)14-27-24(30)29(4)22(20)32/h5-12H,13-15H2,1-4H3. The Morgan fingerprint density at radius 1 is 1.06 bits per heavy atom. The molecule has 0 radical (unpaired) electrons. The molecule has 0 N–H and O–H groups in total. The van der Waals surface area contributed by atoms with Gasteiger partial charge in [0.25, 0.3) is 5.91 Å². The first kappa shape index (κ1) is 23.2. The smallest absolute Gasteiger partial charge is 0.267 e. The Kier molecular flexibility index (Phi) is 5.32. The summed E-state index contributed by atoms with van der Waals surface area (Å²) in [5.41, 5.74) is 1.71. The molecule has 182 valence electrons. The molecule has 0 unspecified atom stereocenters. The van der Waals surface area contributed by atoms with Crippen LogP contribution in [-0.2, 0) is 16.4 Å². The Morgan fingerprint density at radius 2 is 1.71 bits per heavy atom. The van der Waals surface area contributed by atoms with E-state index in [0.29, 0.717) is 19.0 Å². The number of carbonyl (C=O) groups is 1. The molecule has 2 aliphatic heterocycles. The number of halogens is 1. The summed E-state index contributed by atoms with van der Waals surface area (Å²) in [5.74, 6) is -0.322. The molecule has 10 heteroatoms. The number of rotatable bonds is 4. The molecule has 0 spiro atoms. The molecule has 35 heavy (non-hydrogen) atoms. The molecule has 3 aromatic rings. The third-order valence-corrected chi connectivity index (χ3v) is 8.09. The SMILES string of the molecule is Cc1ccc(Cn2nc3c(c2S(=O)(=O)c2ccc(F)cc2)C(=O)N(C)C2=NCC(C)(C)CN23)cc1. The van der Waals surface area contributed by atoms with E-state index in [9.17, 15) is 17.6 Å². The zero-order chi connectivity index (χ0) is 25.1. The maximum absolute atomic E-state index is 13.9. The van der Waals surface area contributed by atoms with Gasteiger partial charge in [0.1, 0.15) is 11.4 Å². The average molecular weight is 496 g/mol. The monoisotopic (exact) mass is 495 g/mol. The third-order valence-electron chi connectivity index (χ3n) is 6.27. The van der Waals surface area contributed by atoms with Gasteiger partial charge >= 0.3 is 0 Å².